The number of carbonyl (C=O) groups is 4. The lowest BCUT2D eigenvalue weighted by Crippen LogP contribution is -2.52. The van der Waals surface area contributed by atoms with E-state index in [2.05, 4.69) is 10.6 Å². The zero-order valence-corrected chi connectivity index (χ0v) is 17.8. The lowest BCUT2D eigenvalue weighted by atomic mass is 9.95. The second-order valence-electron chi connectivity index (χ2n) is 7.69. The third-order valence-corrected chi connectivity index (χ3v) is 4.83. The maximum Gasteiger partial charge on any atom is 0.408 e. The molecule has 0 aromatic rings. The average molecular weight is 418 g/mol. The summed E-state index contributed by atoms with van der Waals surface area (Å²) in [5, 5.41) is 13.7. The van der Waals surface area contributed by atoms with Crippen LogP contribution in [0.3, 0.4) is 0 Å². The van der Waals surface area contributed by atoms with Crippen molar-refractivity contribution < 1.29 is 29.0 Å². The summed E-state index contributed by atoms with van der Waals surface area (Å²) in [6, 6.07) is -0.681. The van der Waals surface area contributed by atoms with Crippen molar-refractivity contribution in [3.8, 4) is 0 Å². The Morgan fingerprint density at radius 1 is 1.21 bits per heavy atom. The number of carboxylic acids is 1. The number of aliphatic carboxylic acids is 1. The number of carbonyl (C=O) groups excluding carboxylic acids is 3. The van der Waals surface area contributed by atoms with E-state index >= 15 is 0 Å². The van der Waals surface area contributed by atoms with E-state index in [9.17, 15) is 19.2 Å². The molecule has 0 saturated carbocycles. The molecule has 9 nitrogen and oxygen atoms in total. The number of nitrogens with one attached hydrogen (secondary N) is 2. The van der Waals surface area contributed by atoms with Gasteiger partial charge in [0.05, 0.1) is 0 Å². The summed E-state index contributed by atoms with van der Waals surface area (Å²) in [5.41, 5.74) is -0.654. The van der Waals surface area contributed by atoms with Crippen LogP contribution in [0.4, 0.5) is 4.79 Å². The van der Waals surface area contributed by atoms with Crippen molar-refractivity contribution >= 4 is 35.6 Å². The van der Waals surface area contributed by atoms with Gasteiger partial charge in [0.2, 0.25) is 11.8 Å². The Morgan fingerprint density at radius 3 is 2.32 bits per heavy atom. The second-order valence-corrected chi connectivity index (χ2v) is 8.68. The molecule has 0 aromatic carbocycles. The van der Waals surface area contributed by atoms with Gasteiger partial charge in [-0.05, 0) is 52.0 Å². The van der Waals surface area contributed by atoms with Gasteiger partial charge in [-0.1, -0.05) is 0 Å². The normalized spacial score (nSPS) is 16.2. The monoisotopic (exact) mass is 417 g/mol. The highest BCUT2D eigenvalue weighted by atomic mass is 32.2. The number of hydrogen-bond acceptors (Lipinski definition) is 6. The van der Waals surface area contributed by atoms with E-state index in [1.165, 1.54) is 0 Å². The van der Waals surface area contributed by atoms with Crippen LogP contribution in [-0.4, -0.2) is 77.2 Å². The van der Waals surface area contributed by atoms with Crippen LogP contribution in [0.5, 0.6) is 0 Å². The fourth-order valence-corrected chi connectivity index (χ4v) is 3.30. The Labute approximate surface area is 169 Å². The third-order valence-electron chi connectivity index (χ3n) is 4.19. The number of rotatable bonds is 8. The van der Waals surface area contributed by atoms with Gasteiger partial charge >= 0.3 is 12.1 Å². The average Bonchev–Trinajstić information content (AvgIpc) is 2.61. The smallest absolute Gasteiger partial charge is 0.408 e. The van der Waals surface area contributed by atoms with Crippen LogP contribution in [0.1, 0.15) is 40.0 Å². The van der Waals surface area contributed by atoms with Crippen molar-refractivity contribution in [2.75, 3.05) is 31.6 Å². The molecule has 1 aliphatic rings. The molecule has 1 rings (SSSR count). The summed E-state index contributed by atoms with van der Waals surface area (Å²) >= 11 is 1.58. The molecule has 0 spiro atoms. The highest BCUT2D eigenvalue weighted by molar-refractivity contribution is 7.98. The van der Waals surface area contributed by atoms with Gasteiger partial charge in [0, 0.05) is 19.0 Å². The topological polar surface area (TPSA) is 125 Å². The number of piperidine rings is 1. The lowest BCUT2D eigenvalue weighted by Gasteiger charge is -2.34. The van der Waals surface area contributed by atoms with Crippen LogP contribution in [0, 0.1) is 5.92 Å². The molecular formula is C18H31N3O6S. The minimum absolute atomic E-state index is 0.190. The molecule has 0 aliphatic carbocycles. The van der Waals surface area contributed by atoms with Gasteiger partial charge in [0.25, 0.3) is 0 Å². The molecule has 28 heavy (non-hydrogen) atoms. The summed E-state index contributed by atoms with van der Waals surface area (Å²) in [6.07, 6.45) is 2.70. The van der Waals surface area contributed by atoms with E-state index in [1.54, 1.807) is 37.4 Å². The fraction of sp³-hybridized carbons (Fsp3) is 0.778. The zero-order valence-electron chi connectivity index (χ0n) is 16.9. The zero-order chi connectivity index (χ0) is 21.3. The van der Waals surface area contributed by atoms with Gasteiger partial charge in [0.1, 0.15) is 18.2 Å². The molecule has 3 amide bonds. The van der Waals surface area contributed by atoms with E-state index in [0.29, 0.717) is 38.1 Å². The van der Waals surface area contributed by atoms with Crippen LogP contribution in [0.2, 0.25) is 0 Å². The summed E-state index contributed by atoms with van der Waals surface area (Å²) < 4.78 is 5.25. The molecule has 10 heteroatoms. The summed E-state index contributed by atoms with van der Waals surface area (Å²) in [5.74, 6) is -1.19. The Morgan fingerprint density at radius 2 is 1.82 bits per heavy atom. The number of nitrogens with zero attached hydrogens (tertiary/aromatic N) is 1. The first kappa shape index (κ1) is 24.1. The molecular weight excluding hydrogens is 386 g/mol. The quantitative estimate of drug-likeness (QED) is 0.539. The molecule has 0 aromatic heterocycles. The summed E-state index contributed by atoms with van der Waals surface area (Å²) in [4.78, 5) is 49.1. The number of amides is 3. The molecule has 160 valence electrons. The molecule has 1 aliphatic heterocycles. The molecule has 0 unspecified atom stereocenters. The highest BCUT2D eigenvalue weighted by Gasteiger charge is 2.32. The van der Waals surface area contributed by atoms with E-state index < -0.39 is 30.3 Å². The number of carboxylic acid groups (broad SMARTS) is 1. The van der Waals surface area contributed by atoms with E-state index in [4.69, 9.17) is 9.84 Å². The van der Waals surface area contributed by atoms with Crippen molar-refractivity contribution in [2.45, 2.75) is 51.7 Å². The Kier molecular flexibility index (Phi) is 9.57. The van der Waals surface area contributed by atoms with Crippen molar-refractivity contribution in [2.24, 2.45) is 5.92 Å². The van der Waals surface area contributed by atoms with Gasteiger partial charge in [-0.3, -0.25) is 14.4 Å². The minimum Gasteiger partial charge on any atom is -0.480 e. The van der Waals surface area contributed by atoms with Crippen LogP contribution >= 0.6 is 11.8 Å². The Balaban J connectivity index is 2.61. The molecule has 1 atom stereocenters. The number of likely N-dealkylation sites (tertiary alicyclic amines) is 1. The van der Waals surface area contributed by atoms with E-state index in [0.717, 1.165) is 0 Å². The molecule has 0 bridgehead atoms. The number of ether oxygens (including phenoxy) is 1. The van der Waals surface area contributed by atoms with Crippen LogP contribution < -0.4 is 10.6 Å². The Hall–Kier alpha value is -1.97. The second kappa shape index (κ2) is 11.1. The predicted octanol–water partition coefficient (Wildman–Crippen LogP) is 1.07. The molecule has 3 N–H and O–H groups in total. The van der Waals surface area contributed by atoms with E-state index in [1.807, 2.05) is 6.26 Å². The first-order valence-electron chi connectivity index (χ1n) is 9.30. The maximum absolute atomic E-state index is 12.9. The van der Waals surface area contributed by atoms with Crippen molar-refractivity contribution in [1.82, 2.24) is 15.5 Å². The predicted molar refractivity (Wildman–Crippen MR) is 106 cm³/mol. The van der Waals surface area contributed by atoms with E-state index in [-0.39, 0.29) is 17.7 Å². The van der Waals surface area contributed by atoms with Gasteiger partial charge in [0.15, 0.2) is 0 Å². The number of hydrogen-bond donors (Lipinski definition) is 3. The number of alkyl carbamates (subject to hydrolysis) is 1. The molecule has 1 fully saturated rings. The number of thioether (sulfide) groups is 1. The van der Waals surface area contributed by atoms with Crippen LogP contribution in [-0.2, 0) is 19.1 Å². The summed E-state index contributed by atoms with van der Waals surface area (Å²) in [7, 11) is 0. The first-order chi connectivity index (χ1) is 13.0. The Bertz CT molecular complexity index is 570. The fourth-order valence-electron chi connectivity index (χ4n) is 2.83. The van der Waals surface area contributed by atoms with Gasteiger partial charge in [-0.25, -0.2) is 4.79 Å². The molecule has 0 radical (unpaired) electrons. The van der Waals surface area contributed by atoms with Crippen LogP contribution in [0.25, 0.3) is 0 Å². The third kappa shape index (κ3) is 8.81. The van der Waals surface area contributed by atoms with Gasteiger partial charge in [-0.15, -0.1) is 0 Å². The van der Waals surface area contributed by atoms with Crippen molar-refractivity contribution in [3.05, 3.63) is 0 Å². The van der Waals surface area contributed by atoms with Crippen molar-refractivity contribution in [1.29, 1.82) is 0 Å². The minimum atomic E-state index is -1.09. The van der Waals surface area contributed by atoms with Crippen LogP contribution in [0.15, 0.2) is 0 Å². The summed E-state index contributed by atoms with van der Waals surface area (Å²) in [6.45, 7) is 5.63. The van der Waals surface area contributed by atoms with Crippen molar-refractivity contribution in [3.63, 3.8) is 0 Å². The lowest BCUT2D eigenvalue weighted by molar-refractivity contribution is -0.139. The SMILES string of the molecule is CSCC[C@H](NC(=O)OC(C)(C)C)C(=O)N1CCC(C(=O)NCC(=O)O)CC1. The maximum atomic E-state index is 12.9. The largest absolute Gasteiger partial charge is 0.480 e. The van der Waals surface area contributed by atoms with Gasteiger partial charge < -0.3 is 25.4 Å². The first-order valence-corrected chi connectivity index (χ1v) is 10.7. The molecule has 1 saturated heterocycles. The standard InChI is InChI=1S/C18H31N3O6S/c1-18(2,3)27-17(26)20-13(7-10-28-4)16(25)21-8-5-12(6-9-21)15(24)19-11-14(22)23/h12-13H,5-11H2,1-4H3,(H,19,24)(H,20,26)(H,22,23)/t13-/m0/s1. The highest BCUT2D eigenvalue weighted by Crippen LogP contribution is 2.19. The molecule has 1 heterocycles. The van der Waals surface area contributed by atoms with Gasteiger partial charge in [-0.2, -0.15) is 11.8 Å².